The largest absolute Gasteiger partial charge is 0.482 e. The van der Waals surface area contributed by atoms with Crippen LogP contribution in [0.1, 0.15) is 26.2 Å². The second-order valence-corrected chi connectivity index (χ2v) is 7.33. The maximum Gasteiger partial charge on any atom is 0.265 e. The fraction of sp³-hybridized carbons (Fsp3) is 0.619. The van der Waals surface area contributed by atoms with Crippen LogP contribution in [0.25, 0.3) is 0 Å². The molecule has 8 heteroatoms. The number of likely N-dealkylation sites (N-methyl/N-ethyl adjacent to an activating group) is 1. The Bertz CT molecular complexity index is 682. The highest BCUT2D eigenvalue weighted by molar-refractivity contribution is 14.0. The summed E-state index contributed by atoms with van der Waals surface area (Å²) in [4.78, 5) is 20.8. The van der Waals surface area contributed by atoms with Crippen molar-refractivity contribution in [1.29, 1.82) is 0 Å². The number of ether oxygens (including phenoxy) is 2. The number of para-hydroxylation sites is 2. The van der Waals surface area contributed by atoms with E-state index in [1.54, 1.807) is 4.90 Å². The maximum absolute atomic E-state index is 12.2. The highest BCUT2D eigenvalue weighted by atomic mass is 127. The Morgan fingerprint density at radius 1 is 1.38 bits per heavy atom. The number of rotatable bonds is 10. The first-order chi connectivity index (χ1) is 13.7. The van der Waals surface area contributed by atoms with Crippen molar-refractivity contribution in [2.45, 2.75) is 26.2 Å². The van der Waals surface area contributed by atoms with Gasteiger partial charge in [-0.05, 0) is 44.2 Å². The van der Waals surface area contributed by atoms with E-state index in [1.807, 2.05) is 31.3 Å². The number of hydrogen-bond donors (Lipinski definition) is 1. The first-order valence-electron chi connectivity index (χ1n) is 10.3. The van der Waals surface area contributed by atoms with Crippen LogP contribution in [0.15, 0.2) is 29.3 Å². The number of anilines is 1. The summed E-state index contributed by atoms with van der Waals surface area (Å²) in [5.41, 5.74) is 0.847. The number of amides is 1. The molecule has 1 aromatic rings. The molecular weight excluding hydrogens is 483 g/mol. The highest BCUT2D eigenvalue weighted by Crippen LogP contribution is 2.31. The molecule has 2 aliphatic rings. The Hall–Kier alpha value is -1.55. The van der Waals surface area contributed by atoms with Crippen molar-refractivity contribution in [2.24, 2.45) is 10.9 Å². The molecule has 162 valence electrons. The van der Waals surface area contributed by atoms with Gasteiger partial charge in [-0.2, -0.15) is 0 Å². The Labute approximate surface area is 190 Å². The van der Waals surface area contributed by atoms with Crippen molar-refractivity contribution in [3.05, 3.63) is 24.3 Å². The Balaban J connectivity index is 0.00000300. The summed E-state index contributed by atoms with van der Waals surface area (Å²) in [5.74, 6) is 2.44. The van der Waals surface area contributed by atoms with E-state index >= 15 is 0 Å². The minimum absolute atomic E-state index is 0. The number of carbonyl (C=O) groups excluding carboxylic acids is 1. The summed E-state index contributed by atoms with van der Waals surface area (Å²) in [7, 11) is 2.03. The number of fused-ring (bicyclic) bond motifs is 1. The van der Waals surface area contributed by atoms with Crippen LogP contribution < -0.4 is 15.0 Å². The number of nitrogens with one attached hydrogen (secondary N) is 1. The van der Waals surface area contributed by atoms with Crippen LogP contribution >= 0.6 is 24.0 Å². The molecule has 1 saturated carbocycles. The van der Waals surface area contributed by atoms with E-state index in [2.05, 4.69) is 17.1 Å². The van der Waals surface area contributed by atoms with E-state index in [9.17, 15) is 4.79 Å². The minimum atomic E-state index is -0.000448. The number of aliphatic imine (C=N–C) groups is 1. The third-order valence-corrected chi connectivity index (χ3v) is 4.93. The summed E-state index contributed by atoms with van der Waals surface area (Å²) in [5, 5.41) is 3.33. The third-order valence-electron chi connectivity index (χ3n) is 4.93. The van der Waals surface area contributed by atoms with Crippen molar-refractivity contribution in [1.82, 2.24) is 10.2 Å². The number of benzene rings is 1. The Kier molecular flexibility index (Phi) is 9.99. The molecule has 29 heavy (non-hydrogen) atoms. The van der Waals surface area contributed by atoms with Crippen LogP contribution in [-0.2, 0) is 9.53 Å². The van der Waals surface area contributed by atoms with Crippen molar-refractivity contribution < 1.29 is 14.3 Å². The molecular formula is C21H33IN4O3. The van der Waals surface area contributed by atoms with Gasteiger partial charge in [-0.15, -0.1) is 24.0 Å². The molecule has 1 heterocycles. The first-order valence-corrected chi connectivity index (χ1v) is 10.3. The zero-order valence-electron chi connectivity index (χ0n) is 17.4. The van der Waals surface area contributed by atoms with Crippen LogP contribution in [0.4, 0.5) is 5.69 Å². The van der Waals surface area contributed by atoms with E-state index in [0.29, 0.717) is 13.1 Å². The fourth-order valence-electron chi connectivity index (χ4n) is 3.12. The summed E-state index contributed by atoms with van der Waals surface area (Å²) < 4.78 is 11.2. The normalized spacial score (nSPS) is 16.0. The molecule has 0 bridgehead atoms. The summed E-state index contributed by atoms with van der Waals surface area (Å²) in [6.07, 6.45) is 3.42. The number of carbonyl (C=O) groups is 1. The fourth-order valence-corrected chi connectivity index (χ4v) is 3.12. The molecule has 1 fully saturated rings. The summed E-state index contributed by atoms with van der Waals surface area (Å²) >= 11 is 0. The SMILES string of the molecule is CCNC(=NCCCN1C(=O)COc2ccccc21)N(C)CCOCC1CC1.I. The van der Waals surface area contributed by atoms with E-state index < -0.39 is 0 Å². The van der Waals surface area contributed by atoms with Gasteiger partial charge in [-0.3, -0.25) is 9.79 Å². The van der Waals surface area contributed by atoms with E-state index in [-0.39, 0.29) is 36.5 Å². The van der Waals surface area contributed by atoms with Gasteiger partial charge in [0.15, 0.2) is 12.6 Å². The second-order valence-electron chi connectivity index (χ2n) is 7.33. The van der Waals surface area contributed by atoms with Gasteiger partial charge in [0, 0.05) is 39.8 Å². The quantitative estimate of drug-likeness (QED) is 0.224. The molecule has 0 saturated heterocycles. The lowest BCUT2D eigenvalue weighted by molar-refractivity contribution is -0.121. The molecule has 1 N–H and O–H groups in total. The molecule has 0 radical (unpaired) electrons. The Morgan fingerprint density at radius 2 is 2.17 bits per heavy atom. The molecule has 0 atom stereocenters. The van der Waals surface area contributed by atoms with Crippen LogP contribution in [0.3, 0.4) is 0 Å². The van der Waals surface area contributed by atoms with Crippen molar-refractivity contribution >= 4 is 41.5 Å². The molecule has 1 amide bonds. The number of halogens is 1. The first kappa shape index (κ1) is 23.7. The van der Waals surface area contributed by atoms with E-state index in [1.165, 1.54) is 12.8 Å². The lowest BCUT2D eigenvalue weighted by Gasteiger charge is -2.29. The van der Waals surface area contributed by atoms with Crippen LogP contribution in [0.5, 0.6) is 5.75 Å². The smallest absolute Gasteiger partial charge is 0.265 e. The molecule has 1 aliphatic carbocycles. The maximum atomic E-state index is 12.2. The number of guanidine groups is 1. The summed E-state index contributed by atoms with van der Waals surface area (Å²) in [6.45, 7) is 6.70. The van der Waals surface area contributed by atoms with Gasteiger partial charge >= 0.3 is 0 Å². The van der Waals surface area contributed by atoms with Gasteiger partial charge < -0.3 is 24.6 Å². The van der Waals surface area contributed by atoms with Gasteiger partial charge in [0.25, 0.3) is 5.91 Å². The number of hydrogen-bond acceptors (Lipinski definition) is 4. The van der Waals surface area contributed by atoms with Crippen molar-refractivity contribution in [2.75, 3.05) is 57.9 Å². The Morgan fingerprint density at radius 3 is 2.93 bits per heavy atom. The lowest BCUT2D eigenvalue weighted by Crippen LogP contribution is -2.41. The van der Waals surface area contributed by atoms with Gasteiger partial charge in [0.1, 0.15) is 5.75 Å². The zero-order chi connectivity index (χ0) is 19.8. The third kappa shape index (κ3) is 7.33. The molecule has 1 aliphatic heterocycles. The topological polar surface area (TPSA) is 66.4 Å². The van der Waals surface area contributed by atoms with E-state index in [4.69, 9.17) is 14.5 Å². The van der Waals surface area contributed by atoms with Crippen LogP contribution in [-0.4, -0.2) is 69.8 Å². The molecule has 7 nitrogen and oxygen atoms in total. The monoisotopic (exact) mass is 516 g/mol. The lowest BCUT2D eigenvalue weighted by atomic mass is 10.2. The highest BCUT2D eigenvalue weighted by Gasteiger charge is 2.24. The molecule has 1 aromatic carbocycles. The van der Waals surface area contributed by atoms with Gasteiger partial charge in [-0.1, -0.05) is 12.1 Å². The van der Waals surface area contributed by atoms with Gasteiger partial charge in [0.2, 0.25) is 0 Å². The van der Waals surface area contributed by atoms with Crippen LogP contribution in [0.2, 0.25) is 0 Å². The number of nitrogens with zero attached hydrogens (tertiary/aromatic N) is 3. The van der Waals surface area contributed by atoms with E-state index in [0.717, 1.165) is 56.0 Å². The predicted octanol–water partition coefficient (Wildman–Crippen LogP) is 2.74. The predicted molar refractivity (Wildman–Crippen MR) is 126 cm³/mol. The van der Waals surface area contributed by atoms with Gasteiger partial charge in [0.05, 0.1) is 12.3 Å². The molecule has 3 rings (SSSR count). The molecule has 0 spiro atoms. The van der Waals surface area contributed by atoms with Crippen molar-refractivity contribution in [3.63, 3.8) is 0 Å². The van der Waals surface area contributed by atoms with Crippen molar-refractivity contribution in [3.8, 4) is 5.75 Å². The second kappa shape index (κ2) is 12.2. The summed E-state index contributed by atoms with van der Waals surface area (Å²) in [6, 6.07) is 7.67. The zero-order valence-corrected chi connectivity index (χ0v) is 19.8. The van der Waals surface area contributed by atoms with Crippen LogP contribution in [0, 0.1) is 5.92 Å². The minimum Gasteiger partial charge on any atom is -0.482 e. The molecule has 0 aromatic heterocycles. The average Bonchev–Trinajstić information content (AvgIpc) is 3.53. The standard InChI is InChI=1S/C21H32N4O3.HI/c1-3-22-21(24(2)13-14-27-15-17-9-10-17)23-11-6-12-25-18-7-4-5-8-19(18)28-16-20(25)26;/h4-5,7-8,17H,3,6,9-16H2,1-2H3,(H,22,23);1H. The average molecular weight is 516 g/mol. The van der Waals surface area contributed by atoms with Gasteiger partial charge in [-0.25, -0.2) is 0 Å². The molecule has 0 unspecified atom stereocenters.